The summed E-state index contributed by atoms with van der Waals surface area (Å²) in [5.74, 6) is 2.08. The maximum atomic E-state index is 9.86. The van der Waals surface area contributed by atoms with Gasteiger partial charge in [-0.25, -0.2) is 0 Å². The zero-order chi connectivity index (χ0) is 18.6. The predicted octanol–water partition coefficient (Wildman–Crippen LogP) is 5.37. The van der Waals surface area contributed by atoms with Crippen molar-refractivity contribution in [1.29, 1.82) is 0 Å². The monoisotopic (exact) mass is 365 g/mol. The highest BCUT2D eigenvalue weighted by Gasteiger charge is 2.37. The van der Waals surface area contributed by atoms with Gasteiger partial charge in [-0.2, -0.15) is 0 Å². The second-order valence-corrected chi connectivity index (χ2v) is 8.33. The van der Waals surface area contributed by atoms with Gasteiger partial charge in [-0.3, -0.25) is 0 Å². The van der Waals surface area contributed by atoms with Crippen molar-refractivity contribution in [2.45, 2.75) is 63.5 Å². The number of nitrogens with two attached hydrogens (primary N) is 1. The van der Waals surface area contributed by atoms with Crippen molar-refractivity contribution >= 4 is 0 Å². The predicted molar refractivity (Wildman–Crippen MR) is 109 cm³/mol. The highest BCUT2D eigenvalue weighted by molar-refractivity contribution is 5.36. The average Bonchev–Trinajstić information content (AvgIpc) is 2.65. The molecule has 3 heteroatoms. The highest BCUT2D eigenvalue weighted by atomic mass is 16.5. The number of benzene rings is 2. The van der Waals surface area contributed by atoms with Gasteiger partial charge in [-0.1, -0.05) is 49.6 Å². The Morgan fingerprint density at radius 1 is 0.926 bits per heavy atom. The van der Waals surface area contributed by atoms with E-state index < -0.39 is 0 Å². The lowest BCUT2D eigenvalue weighted by atomic mass is 9.70. The molecule has 0 aromatic heterocycles. The van der Waals surface area contributed by atoms with Crippen LogP contribution >= 0.6 is 0 Å². The van der Waals surface area contributed by atoms with Gasteiger partial charge in [-0.05, 0) is 61.3 Å². The Balaban J connectivity index is 1.64. The molecule has 0 aliphatic heterocycles. The van der Waals surface area contributed by atoms with Crippen LogP contribution in [0.4, 0.5) is 0 Å². The van der Waals surface area contributed by atoms with E-state index in [2.05, 4.69) is 24.3 Å². The number of aryl methyl sites for hydroxylation is 1. The maximum Gasteiger partial charge on any atom is 0.127 e. The van der Waals surface area contributed by atoms with Crippen molar-refractivity contribution in [2.75, 3.05) is 0 Å². The number of ether oxygens (including phenoxy) is 1. The maximum absolute atomic E-state index is 9.86. The molecule has 2 aromatic carbocycles. The summed E-state index contributed by atoms with van der Waals surface area (Å²) in [7, 11) is 0. The number of aromatic hydroxyl groups is 1. The molecule has 0 radical (unpaired) electrons. The van der Waals surface area contributed by atoms with Gasteiger partial charge in [-0.15, -0.1) is 0 Å². The van der Waals surface area contributed by atoms with E-state index in [1.807, 2.05) is 12.1 Å². The highest BCUT2D eigenvalue weighted by Crippen LogP contribution is 2.45. The van der Waals surface area contributed by atoms with Crippen LogP contribution < -0.4 is 10.5 Å². The first-order valence-corrected chi connectivity index (χ1v) is 10.5. The largest absolute Gasteiger partial charge is 0.508 e. The van der Waals surface area contributed by atoms with Gasteiger partial charge in [0.1, 0.15) is 17.6 Å². The van der Waals surface area contributed by atoms with Gasteiger partial charge in [0.25, 0.3) is 0 Å². The minimum Gasteiger partial charge on any atom is -0.508 e. The van der Waals surface area contributed by atoms with Gasteiger partial charge in [0.2, 0.25) is 0 Å². The minimum atomic E-state index is 0.0355. The Kier molecular flexibility index (Phi) is 5.68. The molecule has 4 atom stereocenters. The molecule has 2 aliphatic carbocycles. The quantitative estimate of drug-likeness (QED) is 0.768. The third-order valence-electron chi connectivity index (χ3n) is 6.44. The summed E-state index contributed by atoms with van der Waals surface area (Å²) in [6, 6.07) is 16.2. The van der Waals surface area contributed by atoms with Crippen molar-refractivity contribution in [3.63, 3.8) is 0 Å². The topological polar surface area (TPSA) is 55.5 Å². The first-order valence-electron chi connectivity index (χ1n) is 10.5. The fourth-order valence-corrected chi connectivity index (χ4v) is 5.08. The Morgan fingerprint density at radius 3 is 2.67 bits per heavy atom. The molecule has 0 spiro atoms. The molecule has 3 N–H and O–H groups in total. The van der Waals surface area contributed by atoms with Crippen molar-refractivity contribution in [3.8, 4) is 11.5 Å². The third kappa shape index (κ3) is 4.30. The van der Waals surface area contributed by atoms with E-state index in [0.29, 0.717) is 17.9 Å². The van der Waals surface area contributed by atoms with E-state index in [-0.39, 0.29) is 11.9 Å². The van der Waals surface area contributed by atoms with Crippen molar-refractivity contribution in [2.24, 2.45) is 17.6 Å². The Hall–Kier alpha value is -2.00. The molecule has 1 unspecified atom stereocenters. The van der Waals surface area contributed by atoms with Gasteiger partial charge >= 0.3 is 0 Å². The van der Waals surface area contributed by atoms with Crippen LogP contribution in [0.5, 0.6) is 11.5 Å². The Bertz CT molecular complexity index is 760. The summed E-state index contributed by atoms with van der Waals surface area (Å²) >= 11 is 0. The summed E-state index contributed by atoms with van der Waals surface area (Å²) in [5, 5.41) is 9.86. The summed E-state index contributed by atoms with van der Waals surface area (Å²) in [6.45, 7) is 0. The minimum absolute atomic E-state index is 0.0355. The molecular weight excluding hydrogens is 334 g/mol. The molecule has 4 rings (SSSR count). The van der Waals surface area contributed by atoms with Crippen LogP contribution in [0.3, 0.4) is 0 Å². The summed E-state index contributed by atoms with van der Waals surface area (Å²) in [5.41, 5.74) is 9.15. The number of rotatable bonds is 3. The van der Waals surface area contributed by atoms with E-state index in [1.165, 1.54) is 36.8 Å². The third-order valence-corrected chi connectivity index (χ3v) is 6.44. The summed E-state index contributed by atoms with van der Waals surface area (Å²) in [4.78, 5) is 0. The Labute approximate surface area is 162 Å². The normalized spacial score (nSPS) is 28.6. The van der Waals surface area contributed by atoms with E-state index in [1.54, 1.807) is 12.1 Å². The molecule has 0 heterocycles. The van der Waals surface area contributed by atoms with Crippen LogP contribution in [0.2, 0.25) is 0 Å². The van der Waals surface area contributed by atoms with E-state index in [0.717, 1.165) is 31.4 Å². The number of phenolic OH excluding ortho intramolecular Hbond substituents is 1. The summed E-state index contributed by atoms with van der Waals surface area (Å²) in [6.07, 6.45) is 9.67. The molecule has 144 valence electrons. The number of fused-ring (bicyclic) bond motifs is 1. The molecule has 1 saturated carbocycles. The summed E-state index contributed by atoms with van der Waals surface area (Å²) < 4.78 is 6.53. The van der Waals surface area contributed by atoms with E-state index in [4.69, 9.17) is 10.5 Å². The lowest BCUT2D eigenvalue weighted by Gasteiger charge is -2.40. The van der Waals surface area contributed by atoms with Crippen molar-refractivity contribution < 1.29 is 9.84 Å². The van der Waals surface area contributed by atoms with Gasteiger partial charge in [0.15, 0.2) is 0 Å². The van der Waals surface area contributed by atoms with Crippen LogP contribution in [0.25, 0.3) is 0 Å². The van der Waals surface area contributed by atoms with E-state index >= 15 is 0 Å². The van der Waals surface area contributed by atoms with Crippen molar-refractivity contribution in [3.05, 3.63) is 59.7 Å². The molecule has 27 heavy (non-hydrogen) atoms. The Morgan fingerprint density at radius 2 is 1.78 bits per heavy atom. The average molecular weight is 366 g/mol. The molecular formula is C24H31NO2. The molecule has 2 aromatic rings. The van der Waals surface area contributed by atoms with Crippen LogP contribution in [0, 0.1) is 11.8 Å². The van der Waals surface area contributed by atoms with Gasteiger partial charge in [0, 0.05) is 18.0 Å². The molecule has 2 aliphatic rings. The molecule has 3 nitrogen and oxygen atoms in total. The lowest BCUT2D eigenvalue weighted by molar-refractivity contribution is 0.0653. The first-order chi connectivity index (χ1) is 13.2. The fourth-order valence-electron chi connectivity index (χ4n) is 5.08. The standard InChI is InChI=1S/C24H31NO2/c25-19-9-3-1-2-8-18(15-19)23-14-13-17-7-4-5-12-22(17)24(23)27-21-11-6-10-20(26)16-21/h4-7,10-12,16,18-19,23-24,26H,1-3,8-9,13-15,25H2/t18?,19-,23+,24-/m0/s1. The van der Waals surface area contributed by atoms with E-state index in [9.17, 15) is 5.11 Å². The van der Waals surface area contributed by atoms with Gasteiger partial charge < -0.3 is 15.6 Å². The van der Waals surface area contributed by atoms with Crippen molar-refractivity contribution in [1.82, 2.24) is 0 Å². The van der Waals surface area contributed by atoms with Gasteiger partial charge in [0.05, 0.1) is 0 Å². The molecule has 0 bridgehead atoms. The van der Waals surface area contributed by atoms with Crippen LogP contribution in [-0.4, -0.2) is 11.1 Å². The first kappa shape index (κ1) is 18.4. The number of phenols is 1. The molecule has 0 saturated heterocycles. The second-order valence-electron chi connectivity index (χ2n) is 8.33. The zero-order valence-electron chi connectivity index (χ0n) is 16.0. The molecule has 0 amide bonds. The lowest BCUT2D eigenvalue weighted by Crippen LogP contribution is -2.35. The van der Waals surface area contributed by atoms with Crippen LogP contribution in [-0.2, 0) is 6.42 Å². The van der Waals surface area contributed by atoms with Crippen LogP contribution in [0.1, 0.15) is 62.2 Å². The second kappa shape index (κ2) is 8.35. The zero-order valence-corrected chi connectivity index (χ0v) is 16.0. The number of hydrogen-bond acceptors (Lipinski definition) is 3. The SMILES string of the molecule is N[C@H]1CCCCCC([C@H]2CCc3ccccc3[C@@H]2Oc2cccc(O)c2)C1. The fraction of sp³-hybridized carbons (Fsp3) is 0.500. The van der Waals surface area contributed by atoms with Crippen LogP contribution in [0.15, 0.2) is 48.5 Å². The molecule has 1 fully saturated rings. The smallest absolute Gasteiger partial charge is 0.127 e. The number of hydrogen-bond donors (Lipinski definition) is 2.